The summed E-state index contributed by atoms with van der Waals surface area (Å²) in [5.41, 5.74) is 21.8. The van der Waals surface area contributed by atoms with E-state index in [1.807, 2.05) is 6.26 Å². The Morgan fingerprint density at radius 3 is 2.03 bits per heavy atom. The van der Waals surface area contributed by atoms with E-state index in [9.17, 15) is 29.4 Å². The molecule has 3 amide bonds. The number of aliphatic hydroxyl groups is 1. The number of nitrogens with one attached hydrogen (secondary N) is 3. The Kier molecular flexibility index (Phi) is 17.3. The summed E-state index contributed by atoms with van der Waals surface area (Å²) < 4.78 is 0. The fourth-order valence-electron chi connectivity index (χ4n) is 2.92. The summed E-state index contributed by atoms with van der Waals surface area (Å²) in [6, 6.07) is -4.52. The van der Waals surface area contributed by atoms with Gasteiger partial charge in [0.15, 0.2) is 5.96 Å². The highest BCUT2D eigenvalue weighted by molar-refractivity contribution is 7.98. The molecular weight excluding hydrogens is 480 g/mol. The molecule has 0 saturated heterocycles. The van der Waals surface area contributed by atoms with E-state index in [-0.39, 0.29) is 31.8 Å². The number of hydrogen-bond donors (Lipinski definition) is 9. The number of nitrogens with two attached hydrogens (primary N) is 4. The molecular formula is C20H40N8O6S. The summed E-state index contributed by atoms with van der Waals surface area (Å²) in [5.74, 6) is -2.90. The van der Waals surface area contributed by atoms with Crippen LogP contribution in [-0.2, 0) is 19.2 Å². The third kappa shape index (κ3) is 14.4. The minimum Gasteiger partial charge on any atom is -0.480 e. The number of carboxylic acid groups (broad SMARTS) is 1. The molecule has 0 rings (SSSR count). The van der Waals surface area contributed by atoms with Crippen molar-refractivity contribution in [3.8, 4) is 0 Å². The zero-order valence-electron chi connectivity index (χ0n) is 20.1. The number of nitrogens with zero attached hydrogens (tertiary/aromatic N) is 1. The Bertz CT molecular complexity index is 707. The first-order valence-corrected chi connectivity index (χ1v) is 12.7. The van der Waals surface area contributed by atoms with Gasteiger partial charge < -0.3 is 49.1 Å². The number of aliphatic hydroxyl groups excluding tert-OH is 1. The first-order valence-electron chi connectivity index (χ1n) is 11.3. The maximum atomic E-state index is 12.8. The van der Waals surface area contributed by atoms with Crippen molar-refractivity contribution in [1.82, 2.24) is 16.0 Å². The van der Waals surface area contributed by atoms with Crippen LogP contribution in [0.15, 0.2) is 4.99 Å². The SMILES string of the molecule is CSCCC(NC(=O)C(CCCCN)NC(=O)C(CO)NC(=O)C(N)CCCN=C(N)N)C(=O)O. The Balaban J connectivity index is 5.14. The van der Waals surface area contributed by atoms with Crippen molar-refractivity contribution < 1.29 is 29.4 Å². The van der Waals surface area contributed by atoms with Crippen LogP contribution in [0.4, 0.5) is 0 Å². The van der Waals surface area contributed by atoms with Crippen LogP contribution in [0.3, 0.4) is 0 Å². The molecule has 0 aromatic rings. The first-order chi connectivity index (χ1) is 16.6. The fraction of sp³-hybridized carbons (Fsp3) is 0.750. The molecule has 0 radical (unpaired) electrons. The first kappa shape index (κ1) is 32.4. The van der Waals surface area contributed by atoms with Gasteiger partial charge in [0.05, 0.1) is 12.6 Å². The molecule has 35 heavy (non-hydrogen) atoms. The molecule has 0 bridgehead atoms. The second-order valence-corrected chi connectivity index (χ2v) is 8.81. The van der Waals surface area contributed by atoms with Crippen molar-refractivity contribution in [3.05, 3.63) is 0 Å². The lowest BCUT2D eigenvalue weighted by molar-refractivity contribution is -0.142. The van der Waals surface area contributed by atoms with Crippen molar-refractivity contribution in [2.75, 3.05) is 31.7 Å². The van der Waals surface area contributed by atoms with Crippen LogP contribution in [0.2, 0.25) is 0 Å². The second-order valence-electron chi connectivity index (χ2n) is 7.83. The minimum atomic E-state index is -1.36. The fourth-order valence-corrected chi connectivity index (χ4v) is 3.39. The van der Waals surface area contributed by atoms with Gasteiger partial charge in [-0.3, -0.25) is 19.4 Å². The highest BCUT2D eigenvalue weighted by Gasteiger charge is 2.29. The normalized spacial score (nSPS) is 14.2. The molecule has 0 aromatic carbocycles. The van der Waals surface area contributed by atoms with E-state index >= 15 is 0 Å². The number of carboxylic acids is 1. The number of carbonyl (C=O) groups excluding carboxylic acids is 3. The van der Waals surface area contributed by atoms with Gasteiger partial charge in [0, 0.05) is 6.54 Å². The molecule has 0 aliphatic carbocycles. The summed E-state index contributed by atoms with van der Waals surface area (Å²) in [7, 11) is 0. The predicted octanol–water partition coefficient (Wildman–Crippen LogP) is -3.22. The average molecular weight is 521 g/mol. The third-order valence-corrected chi connectivity index (χ3v) is 5.57. The Hall–Kier alpha value is -2.62. The van der Waals surface area contributed by atoms with Crippen molar-refractivity contribution in [2.24, 2.45) is 27.9 Å². The van der Waals surface area contributed by atoms with Gasteiger partial charge in [-0.05, 0) is 57.1 Å². The summed E-state index contributed by atoms with van der Waals surface area (Å²) >= 11 is 1.44. The quantitative estimate of drug-likeness (QED) is 0.0464. The number of hydrogen-bond acceptors (Lipinski definition) is 9. The molecule has 0 aliphatic heterocycles. The molecule has 0 spiro atoms. The number of aliphatic carboxylic acids is 1. The van der Waals surface area contributed by atoms with Gasteiger partial charge in [-0.25, -0.2) is 4.79 Å². The zero-order valence-corrected chi connectivity index (χ0v) is 20.9. The van der Waals surface area contributed by atoms with Crippen molar-refractivity contribution in [1.29, 1.82) is 0 Å². The highest BCUT2D eigenvalue weighted by Crippen LogP contribution is 2.06. The largest absolute Gasteiger partial charge is 0.480 e. The van der Waals surface area contributed by atoms with Crippen molar-refractivity contribution >= 4 is 41.4 Å². The lowest BCUT2D eigenvalue weighted by Gasteiger charge is -2.24. The van der Waals surface area contributed by atoms with Gasteiger partial charge in [-0.1, -0.05) is 0 Å². The van der Waals surface area contributed by atoms with E-state index in [0.717, 1.165) is 0 Å². The molecule has 15 heteroatoms. The molecule has 0 aliphatic rings. The lowest BCUT2D eigenvalue weighted by atomic mass is 10.1. The Morgan fingerprint density at radius 2 is 1.49 bits per heavy atom. The van der Waals surface area contributed by atoms with E-state index in [1.165, 1.54) is 11.8 Å². The molecule has 0 aromatic heterocycles. The molecule has 0 fully saturated rings. The Labute approximate surface area is 209 Å². The second kappa shape index (κ2) is 18.7. The summed E-state index contributed by atoms with van der Waals surface area (Å²) in [6.07, 6.45) is 3.96. The van der Waals surface area contributed by atoms with E-state index < -0.39 is 54.5 Å². The number of carbonyl (C=O) groups is 4. The average Bonchev–Trinajstić information content (AvgIpc) is 2.81. The molecule has 13 N–H and O–H groups in total. The number of rotatable bonds is 19. The van der Waals surface area contributed by atoms with E-state index in [0.29, 0.717) is 31.6 Å². The van der Waals surface area contributed by atoms with Crippen LogP contribution >= 0.6 is 11.8 Å². The maximum Gasteiger partial charge on any atom is 0.326 e. The van der Waals surface area contributed by atoms with Crippen molar-refractivity contribution in [2.45, 2.75) is 62.7 Å². The Morgan fingerprint density at radius 1 is 0.886 bits per heavy atom. The number of aliphatic imine (C=N–C) groups is 1. The van der Waals surface area contributed by atoms with Crippen molar-refractivity contribution in [3.63, 3.8) is 0 Å². The van der Waals surface area contributed by atoms with E-state index in [4.69, 9.17) is 22.9 Å². The van der Waals surface area contributed by atoms with Crippen LogP contribution in [-0.4, -0.2) is 95.7 Å². The number of unbranched alkanes of at least 4 members (excludes halogenated alkanes) is 1. The molecule has 0 saturated carbocycles. The van der Waals surface area contributed by atoms with Gasteiger partial charge in [0.25, 0.3) is 0 Å². The summed E-state index contributed by atoms with van der Waals surface area (Å²) in [6.45, 7) is -0.0772. The zero-order chi connectivity index (χ0) is 26.8. The maximum absolute atomic E-state index is 12.8. The molecule has 4 unspecified atom stereocenters. The van der Waals surface area contributed by atoms with Crippen LogP contribution in [0, 0.1) is 0 Å². The van der Waals surface area contributed by atoms with E-state index in [1.54, 1.807) is 0 Å². The predicted molar refractivity (Wildman–Crippen MR) is 134 cm³/mol. The summed E-state index contributed by atoms with van der Waals surface area (Å²) in [4.78, 5) is 53.1. The monoisotopic (exact) mass is 520 g/mol. The highest BCUT2D eigenvalue weighted by atomic mass is 32.2. The van der Waals surface area contributed by atoms with Crippen LogP contribution in [0.1, 0.15) is 38.5 Å². The van der Waals surface area contributed by atoms with Crippen LogP contribution in [0.25, 0.3) is 0 Å². The minimum absolute atomic E-state index is 0.0796. The molecule has 202 valence electrons. The number of amides is 3. The van der Waals surface area contributed by atoms with Crippen LogP contribution < -0.4 is 38.9 Å². The number of guanidine groups is 1. The summed E-state index contributed by atoms with van der Waals surface area (Å²) in [5, 5.41) is 26.3. The van der Waals surface area contributed by atoms with Gasteiger partial charge in [0.1, 0.15) is 18.1 Å². The topological polar surface area (TPSA) is 261 Å². The van der Waals surface area contributed by atoms with E-state index in [2.05, 4.69) is 20.9 Å². The third-order valence-electron chi connectivity index (χ3n) is 4.93. The van der Waals surface area contributed by atoms with Crippen LogP contribution in [0.5, 0.6) is 0 Å². The molecule has 0 heterocycles. The molecule has 14 nitrogen and oxygen atoms in total. The van der Waals surface area contributed by atoms with Gasteiger partial charge in [-0.15, -0.1) is 0 Å². The van der Waals surface area contributed by atoms with Gasteiger partial charge in [-0.2, -0.15) is 11.8 Å². The van der Waals surface area contributed by atoms with Gasteiger partial charge >= 0.3 is 5.97 Å². The standard InChI is InChI=1S/C20H40N8O6S/c1-35-10-7-14(19(33)34)27-17(31)13(6-2-3-8-21)26-18(32)15(11-29)28-16(30)12(22)5-4-9-25-20(23)24/h12-15,29H,2-11,21-22H2,1H3,(H,26,32)(H,27,31)(H,28,30)(H,33,34)(H4,23,24,25). The smallest absolute Gasteiger partial charge is 0.326 e. The van der Waals surface area contributed by atoms with Gasteiger partial charge in [0.2, 0.25) is 17.7 Å². The number of thioether (sulfide) groups is 1. The molecule has 4 atom stereocenters. The lowest BCUT2D eigenvalue weighted by Crippen LogP contribution is -2.58.